The average molecular weight is 265 g/mol. The van der Waals surface area contributed by atoms with Crippen LogP contribution in [-0.2, 0) is 0 Å². The molecule has 0 saturated carbocycles. The van der Waals surface area contributed by atoms with Crippen LogP contribution in [0.4, 0.5) is 0 Å². The third-order valence-corrected chi connectivity index (χ3v) is 2.51. The summed E-state index contributed by atoms with van der Waals surface area (Å²) >= 11 is 3.31. The Bertz CT molecular complexity index is 548. The maximum absolute atomic E-state index is 11.2. The highest BCUT2D eigenvalue weighted by Crippen LogP contribution is 2.09. The molecule has 2 heterocycles. The molecule has 0 unspecified atom stereocenters. The van der Waals surface area contributed by atoms with Gasteiger partial charge in [0.15, 0.2) is 5.43 Å². The predicted octanol–water partition coefficient (Wildman–Crippen LogP) is 2.30. The van der Waals surface area contributed by atoms with Crippen LogP contribution in [-0.4, -0.2) is 9.55 Å². The molecule has 0 aliphatic heterocycles. The van der Waals surface area contributed by atoms with E-state index in [0.717, 1.165) is 10.4 Å². The van der Waals surface area contributed by atoms with E-state index in [-0.39, 0.29) is 5.43 Å². The zero-order chi connectivity index (χ0) is 10.8. The summed E-state index contributed by atoms with van der Waals surface area (Å²) in [6, 6.07) is 7.19. The van der Waals surface area contributed by atoms with Crippen molar-refractivity contribution in [3.8, 4) is 5.82 Å². The number of pyridine rings is 2. The predicted molar refractivity (Wildman–Crippen MR) is 62.3 cm³/mol. The maximum atomic E-state index is 11.2. The standard InChI is InChI=1S/C11H9BrN2O/c1-8-7-14(6-5-9(8)15)11-4-2-3-10(12)13-11/h2-7H,1H3. The van der Waals surface area contributed by atoms with Gasteiger partial charge in [-0.2, -0.15) is 0 Å². The van der Waals surface area contributed by atoms with Crippen LogP contribution in [0.5, 0.6) is 0 Å². The van der Waals surface area contributed by atoms with E-state index in [1.165, 1.54) is 6.07 Å². The molecular formula is C11H9BrN2O. The normalized spacial score (nSPS) is 10.3. The number of rotatable bonds is 1. The van der Waals surface area contributed by atoms with Crippen molar-refractivity contribution in [2.75, 3.05) is 0 Å². The quantitative estimate of drug-likeness (QED) is 0.741. The van der Waals surface area contributed by atoms with Crippen molar-refractivity contribution < 1.29 is 0 Å². The molecule has 76 valence electrons. The van der Waals surface area contributed by atoms with Crippen molar-refractivity contribution >= 4 is 15.9 Å². The molecule has 0 amide bonds. The highest BCUT2D eigenvalue weighted by atomic mass is 79.9. The lowest BCUT2D eigenvalue weighted by atomic mass is 10.3. The number of nitrogens with zero attached hydrogens (tertiary/aromatic N) is 2. The van der Waals surface area contributed by atoms with Crippen molar-refractivity contribution in [1.82, 2.24) is 9.55 Å². The third-order valence-electron chi connectivity index (χ3n) is 2.07. The van der Waals surface area contributed by atoms with Crippen molar-refractivity contribution in [1.29, 1.82) is 0 Å². The van der Waals surface area contributed by atoms with Gasteiger partial charge in [-0.05, 0) is 35.0 Å². The maximum Gasteiger partial charge on any atom is 0.184 e. The van der Waals surface area contributed by atoms with Crippen molar-refractivity contribution in [3.63, 3.8) is 0 Å². The molecule has 0 fully saturated rings. The van der Waals surface area contributed by atoms with Gasteiger partial charge in [-0.3, -0.25) is 4.79 Å². The molecule has 2 aromatic heterocycles. The lowest BCUT2D eigenvalue weighted by Crippen LogP contribution is -2.08. The molecule has 4 heteroatoms. The van der Waals surface area contributed by atoms with Crippen LogP contribution in [0.3, 0.4) is 0 Å². The molecule has 0 spiro atoms. The molecule has 15 heavy (non-hydrogen) atoms. The fourth-order valence-corrected chi connectivity index (χ4v) is 1.61. The van der Waals surface area contributed by atoms with Crippen LogP contribution in [0.25, 0.3) is 5.82 Å². The van der Waals surface area contributed by atoms with Gasteiger partial charge in [0.25, 0.3) is 0 Å². The molecule has 0 aromatic carbocycles. The molecule has 2 aromatic rings. The minimum absolute atomic E-state index is 0.0428. The van der Waals surface area contributed by atoms with E-state index >= 15 is 0 Å². The number of aryl methyl sites for hydroxylation is 1. The second-order valence-electron chi connectivity index (χ2n) is 3.22. The SMILES string of the molecule is Cc1cn(-c2cccc(Br)n2)ccc1=O. The molecule has 0 radical (unpaired) electrons. The summed E-state index contributed by atoms with van der Waals surface area (Å²) in [6.07, 6.45) is 3.49. The Kier molecular flexibility index (Phi) is 2.68. The Morgan fingerprint density at radius 2 is 2.13 bits per heavy atom. The second-order valence-corrected chi connectivity index (χ2v) is 4.03. The van der Waals surface area contributed by atoms with E-state index in [0.29, 0.717) is 5.56 Å². The van der Waals surface area contributed by atoms with Crippen LogP contribution < -0.4 is 5.43 Å². The smallest absolute Gasteiger partial charge is 0.184 e. The Labute approximate surface area is 95.5 Å². The zero-order valence-corrected chi connectivity index (χ0v) is 9.73. The van der Waals surface area contributed by atoms with Gasteiger partial charge in [-0.25, -0.2) is 4.98 Å². The molecule has 0 saturated heterocycles. The first-order valence-electron chi connectivity index (χ1n) is 4.49. The van der Waals surface area contributed by atoms with E-state index in [1.54, 1.807) is 19.3 Å². The second kappa shape index (κ2) is 3.98. The Balaban J connectivity index is 2.55. The fourth-order valence-electron chi connectivity index (χ4n) is 1.28. The Morgan fingerprint density at radius 3 is 2.80 bits per heavy atom. The lowest BCUT2D eigenvalue weighted by molar-refractivity contribution is 0.960. The molecule has 0 N–H and O–H groups in total. The van der Waals surface area contributed by atoms with Gasteiger partial charge < -0.3 is 4.57 Å². The molecule has 0 bridgehead atoms. The summed E-state index contributed by atoms with van der Waals surface area (Å²) in [7, 11) is 0. The highest BCUT2D eigenvalue weighted by Gasteiger charge is 1.99. The summed E-state index contributed by atoms with van der Waals surface area (Å²) in [4.78, 5) is 15.5. The first-order chi connectivity index (χ1) is 7.16. The van der Waals surface area contributed by atoms with Gasteiger partial charge in [0.05, 0.1) is 0 Å². The topological polar surface area (TPSA) is 34.9 Å². The molecule has 0 aliphatic carbocycles. The molecule has 3 nitrogen and oxygen atoms in total. The number of hydrogen-bond donors (Lipinski definition) is 0. The summed E-state index contributed by atoms with van der Waals surface area (Å²) in [5.74, 6) is 0.785. The van der Waals surface area contributed by atoms with Crippen LogP contribution in [0.15, 0.2) is 46.1 Å². The fraction of sp³-hybridized carbons (Fsp3) is 0.0909. The molecule has 0 aliphatic rings. The molecule has 2 rings (SSSR count). The van der Waals surface area contributed by atoms with E-state index in [1.807, 2.05) is 22.8 Å². The third kappa shape index (κ3) is 2.15. The summed E-state index contributed by atoms with van der Waals surface area (Å²) < 4.78 is 2.60. The van der Waals surface area contributed by atoms with Gasteiger partial charge in [0.1, 0.15) is 10.4 Å². The van der Waals surface area contributed by atoms with Gasteiger partial charge in [0.2, 0.25) is 0 Å². The zero-order valence-electron chi connectivity index (χ0n) is 8.14. The largest absolute Gasteiger partial charge is 0.308 e. The Morgan fingerprint density at radius 1 is 1.33 bits per heavy atom. The number of aromatic nitrogens is 2. The highest BCUT2D eigenvalue weighted by molar-refractivity contribution is 9.10. The molecular weight excluding hydrogens is 256 g/mol. The van der Waals surface area contributed by atoms with Crippen LogP contribution in [0, 0.1) is 6.92 Å². The van der Waals surface area contributed by atoms with Gasteiger partial charge >= 0.3 is 0 Å². The Hall–Kier alpha value is -1.42. The summed E-state index contributed by atoms with van der Waals surface area (Å²) in [6.45, 7) is 1.79. The minimum atomic E-state index is 0.0428. The van der Waals surface area contributed by atoms with Crippen molar-refractivity contribution in [3.05, 3.63) is 57.0 Å². The van der Waals surface area contributed by atoms with E-state index in [4.69, 9.17) is 0 Å². The van der Waals surface area contributed by atoms with Gasteiger partial charge in [0, 0.05) is 24.0 Å². The summed E-state index contributed by atoms with van der Waals surface area (Å²) in [5.41, 5.74) is 0.750. The van der Waals surface area contributed by atoms with E-state index in [9.17, 15) is 4.79 Å². The van der Waals surface area contributed by atoms with Crippen molar-refractivity contribution in [2.24, 2.45) is 0 Å². The average Bonchev–Trinajstić information content (AvgIpc) is 2.22. The molecule has 0 atom stereocenters. The van der Waals surface area contributed by atoms with E-state index in [2.05, 4.69) is 20.9 Å². The monoisotopic (exact) mass is 264 g/mol. The van der Waals surface area contributed by atoms with Crippen LogP contribution in [0.1, 0.15) is 5.56 Å². The first-order valence-corrected chi connectivity index (χ1v) is 5.28. The lowest BCUT2D eigenvalue weighted by Gasteiger charge is -2.05. The van der Waals surface area contributed by atoms with E-state index < -0.39 is 0 Å². The van der Waals surface area contributed by atoms with Gasteiger partial charge in [-0.1, -0.05) is 6.07 Å². The van der Waals surface area contributed by atoms with Gasteiger partial charge in [-0.15, -0.1) is 0 Å². The number of halogens is 1. The van der Waals surface area contributed by atoms with Crippen LogP contribution in [0.2, 0.25) is 0 Å². The minimum Gasteiger partial charge on any atom is -0.308 e. The first kappa shape index (κ1) is 10.1. The summed E-state index contributed by atoms with van der Waals surface area (Å²) in [5, 5.41) is 0. The number of hydrogen-bond acceptors (Lipinski definition) is 2. The van der Waals surface area contributed by atoms with Crippen LogP contribution >= 0.6 is 15.9 Å². The van der Waals surface area contributed by atoms with Crippen molar-refractivity contribution in [2.45, 2.75) is 6.92 Å².